The van der Waals surface area contributed by atoms with E-state index in [0.29, 0.717) is 13.1 Å². The number of carboxylic acids is 1. The van der Waals surface area contributed by atoms with Gasteiger partial charge in [0.15, 0.2) is 0 Å². The normalized spacial score (nSPS) is 25.2. The van der Waals surface area contributed by atoms with Gasteiger partial charge in [0.25, 0.3) is 0 Å². The van der Waals surface area contributed by atoms with Crippen LogP contribution in [0, 0.1) is 5.92 Å². The van der Waals surface area contributed by atoms with E-state index in [9.17, 15) is 18.0 Å². The van der Waals surface area contributed by atoms with Gasteiger partial charge in [0.1, 0.15) is 0 Å². The molecule has 0 aliphatic carbocycles. The second-order valence-corrected chi connectivity index (χ2v) is 7.09. The van der Waals surface area contributed by atoms with Gasteiger partial charge in [-0.25, -0.2) is 12.7 Å². The Kier molecular flexibility index (Phi) is 4.10. The van der Waals surface area contributed by atoms with Crippen molar-refractivity contribution in [3.8, 4) is 0 Å². The Balaban J connectivity index is 1.88. The standard InChI is InChI=1S/C11H18N2O5S/c14-10-7-9(11(15)16)8-12(10)5-6-19(17,18)13-3-1-2-4-13/h9H,1-8H2,(H,15,16). The summed E-state index contributed by atoms with van der Waals surface area (Å²) >= 11 is 0. The van der Waals surface area contributed by atoms with Crippen LogP contribution in [0.1, 0.15) is 19.3 Å². The van der Waals surface area contributed by atoms with Crippen LogP contribution in [0.15, 0.2) is 0 Å². The van der Waals surface area contributed by atoms with E-state index in [-0.39, 0.29) is 31.2 Å². The van der Waals surface area contributed by atoms with Crippen LogP contribution < -0.4 is 0 Å². The number of hydrogen-bond acceptors (Lipinski definition) is 4. The van der Waals surface area contributed by atoms with Gasteiger partial charge in [-0.05, 0) is 12.8 Å². The number of carbonyl (C=O) groups excluding carboxylic acids is 1. The molecule has 2 saturated heterocycles. The van der Waals surface area contributed by atoms with Crippen LogP contribution in [0.3, 0.4) is 0 Å². The summed E-state index contributed by atoms with van der Waals surface area (Å²) in [6, 6.07) is 0. The van der Waals surface area contributed by atoms with Gasteiger partial charge in [-0.1, -0.05) is 0 Å². The van der Waals surface area contributed by atoms with Crippen LogP contribution in [-0.2, 0) is 19.6 Å². The Labute approximate surface area is 112 Å². The predicted octanol–water partition coefficient (Wildman–Crippen LogP) is -0.655. The molecule has 0 aromatic rings. The first kappa shape index (κ1) is 14.3. The number of rotatable bonds is 5. The minimum absolute atomic E-state index is 0.0287. The van der Waals surface area contributed by atoms with Crippen molar-refractivity contribution in [3.05, 3.63) is 0 Å². The predicted molar refractivity (Wildman–Crippen MR) is 66.9 cm³/mol. The summed E-state index contributed by atoms with van der Waals surface area (Å²) < 4.78 is 25.4. The number of nitrogens with zero attached hydrogens (tertiary/aromatic N) is 2. The SMILES string of the molecule is O=C(O)C1CC(=O)N(CCS(=O)(=O)N2CCCC2)C1. The van der Waals surface area contributed by atoms with Gasteiger partial charge in [-0.2, -0.15) is 0 Å². The molecule has 0 spiro atoms. The molecule has 0 saturated carbocycles. The number of sulfonamides is 1. The lowest BCUT2D eigenvalue weighted by atomic mass is 10.1. The summed E-state index contributed by atoms with van der Waals surface area (Å²) in [5.74, 6) is -2.10. The average molecular weight is 290 g/mol. The minimum Gasteiger partial charge on any atom is -0.481 e. The van der Waals surface area contributed by atoms with Crippen LogP contribution in [0.2, 0.25) is 0 Å². The molecule has 2 aliphatic rings. The highest BCUT2D eigenvalue weighted by Gasteiger charge is 2.35. The second-order valence-electron chi connectivity index (χ2n) is 5.00. The number of aliphatic carboxylic acids is 1. The molecule has 1 unspecified atom stereocenters. The molecule has 1 N–H and O–H groups in total. The van der Waals surface area contributed by atoms with Gasteiger partial charge in [0, 0.05) is 32.6 Å². The number of carbonyl (C=O) groups is 2. The molecule has 19 heavy (non-hydrogen) atoms. The molecular weight excluding hydrogens is 272 g/mol. The Morgan fingerprint density at radius 3 is 2.47 bits per heavy atom. The maximum absolute atomic E-state index is 12.0. The molecule has 7 nitrogen and oxygen atoms in total. The Bertz CT molecular complexity index is 469. The maximum Gasteiger partial charge on any atom is 0.308 e. The summed E-state index contributed by atoms with van der Waals surface area (Å²) in [5, 5.41) is 8.84. The Morgan fingerprint density at radius 1 is 1.32 bits per heavy atom. The van der Waals surface area contributed by atoms with Crippen molar-refractivity contribution in [2.75, 3.05) is 31.9 Å². The summed E-state index contributed by atoms with van der Waals surface area (Å²) in [7, 11) is -3.32. The molecule has 0 bridgehead atoms. The fourth-order valence-corrected chi connectivity index (χ4v) is 4.00. The highest BCUT2D eigenvalue weighted by molar-refractivity contribution is 7.89. The van der Waals surface area contributed by atoms with Crippen molar-refractivity contribution >= 4 is 21.9 Å². The van der Waals surface area contributed by atoms with E-state index in [1.165, 1.54) is 9.21 Å². The Hall–Kier alpha value is -1.15. The van der Waals surface area contributed by atoms with Gasteiger partial charge >= 0.3 is 5.97 Å². The van der Waals surface area contributed by atoms with Gasteiger partial charge in [0.2, 0.25) is 15.9 Å². The van der Waals surface area contributed by atoms with Gasteiger partial charge < -0.3 is 10.0 Å². The molecule has 0 aromatic heterocycles. The van der Waals surface area contributed by atoms with E-state index in [1.807, 2.05) is 0 Å². The third-order valence-electron chi connectivity index (χ3n) is 3.64. The molecular formula is C11H18N2O5S. The molecule has 108 valence electrons. The van der Waals surface area contributed by atoms with E-state index in [1.54, 1.807) is 0 Å². The lowest BCUT2D eigenvalue weighted by Crippen LogP contribution is -2.37. The lowest BCUT2D eigenvalue weighted by molar-refractivity contribution is -0.141. The van der Waals surface area contributed by atoms with Crippen molar-refractivity contribution in [2.45, 2.75) is 19.3 Å². The summed E-state index contributed by atoms with van der Waals surface area (Å²) in [5.41, 5.74) is 0. The topological polar surface area (TPSA) is 95.0 Å². The summed E-state index contributed by atoms with van der Waals surface area (Å²) in [6.45, 7) is 1.30. The van der Waals surface area contributed by atoms with Crippen molar-refractivity contribution in [3.63, 3.8) is 0 Å². The summed E-state index contributed by atoms with van der Waals surface area (Å²) in [4.78, 5) is 23.7. The second kappa shape index (κ2) is 5.46. The number of likely N-dealkylation sites (tertiary alicyclic amines) is 1. The van der Waals surface area contributed by atoms with Gasteiger partial charge in [0.05, 0.1) is 11.7 Å². The minimum atomic E-state index is -3.32. The first-order valence-electron chi connectivity index (χ1n) is 6.38. The fraction of sp³-hybridized carbons (Fsp3) is 0.818. The van der Waals surface area contributed by atoms with Gasteiger partial charge in [-0.15, -0.1) is 0 Å². The lowest BCUT2D eigenvalue weighted by Gasteiger charge is -2.19. The molecule has 0 aromatic carbocycles. The van der Waals surface area contributed by atoms with E-state index in [2.05, 4.69) is 0 Å². The zero-order valence-corrected chi connectivity index (χ0v) is 11.4. The first-order chi connectivity index (χ1) is 8.90. The van der Waals surface area contributed by atoms with E-state index in [0.717, 1.165) is 12.8 Å². The monoisotopic (exact) mass is 290 g/mol. The maximum atomic E-state index is 12.0. The van der Waals surface area contributed by atoms with E-state index in [4.69, 9.17) is 5.11 Å². The largest absolute Gasteiger partial charge is 0.481 e. The van der Waals surface area contributed by atoms with Crippen LogP contribution in [0.5, 0.6) is 0 Å². The van der Waals surface area contributed by atoms with Crippen molar-refractivity contribution in [2.24, 2.45) is 5.92 Å². The van der Waals surface area contributed by atoms with Crippen LogP contribution >= 0.6 is 0 Å². The first-order valence-corrected chi connectivity index (χ1v) is 7.99. The highest BCUT2D eigenvalue weighted by Crippen LogP contribution is 2.19. The van der Waals surface area contributed by atoms with E-state index >= 15 is 0 Å². The third kappa shape index (κ3) is 3.24. The molecule has 1 amide bonds. The van der Waals surface area contributed by atoms with Crippen LogP contribution in [-0.4, -0.2) is 66.5 Å². The van der Waals surface area contributed by atoms with Crippen LogP contribution in [0.25, 0.3) is 0 Å². The smallest absolute Gasteiger partial charge is 0.308 e. The molecule has 8 heteroatoms. The van der Waals surface area contributed by atoms with Crippen molar-refractivity contribution in [1.29, 1.82) is 0 Å². The molecule has 0 radical (unpaired) electrons. The molecule has 2 aliphatic heterocycles. The van der Waals surface area contributed by atoms with E-state index < -0.39 is 21.9 Å². The zero-order valence-electron chi connectivity index (χ0n) is 10.6. The highest BCUT2D eigenvalue weighted by atomic mass is 32.2. The fourth-order valence-electron chi connectivity index (χ4n) is 2.47. The van der Waals surface area contributed by atoms with Crippen molar-refractivity contribution < 1.29 is 23.1 Å². The average Bonchev–Trinajstić information content (AvgIpc) is 2.95. The number of carboxylic acid groups (broad SMARTS) is 1. The quantitative estimate of drug-likeness (QED) is 0.725. The van der Waals surface area contributed by atoms with Crippen LogP contribution in [0.4, 0.5) is 0 Å². The number of hydrogen-bond donors (Lipinski definition) is 1. The zero-order chi connectivity index (χ0) is 14.0. The molecule has 1 atom stereocenters. The summed E-state index contributed by atoms with van der Waals surface area (Å²) in [6.07, 6.45) is 1.73. The van der Waals surface area contributed by atoms with Crippen molar-refractivity contribution in [1.82, 2.24) is 9.21 Å². The molecule has 2 fully saturated rings. The third-order valence-corrected chi connectivity index (χ3v) is 5.49. The molecule has 2 rings (SSSR count). The molecule has 2 heterocycles. The van der Waals surface area contributed by atoms with Gasteiger partial charge in [-0.3, -0.25) is 9.59 Å². The Morgan fingerprint density at radius 2 is 1.95 bits per heavy atom. The number of amides is 1.